The number of fused-ring (bicyclic) bond motifs is 8. The third kappa shape index (κ3) is 4.91. The zero-order valence-corrected chi connectivity index (χ0v) is 23.7. The lowest BCUT2D eigenvalue weighted by molar-refractivity contribution is 0.437. The zero-order valence-electron chi connectivity index (χ0n) is 23.7. The average Bonchev–Trinajstić information content (AvgIpc) is 3.87. The maximum atomic E-state index is 4.86. The smallest absolute Gasteiger partial charge is 0.0997 e. The van der Waals surface area contributed by atoms with Crippen LogP contribution in [0.4, 0.5) is 0 Å². The summed E-state index contributed by atoms with van der Waals surface area (Å²) in [6.07, 6.45) is 16.7. The molecule has 7 heteroatoms. The maximum absolute atomic E-state index is 4.86. The minimum Gasteiger partial charge on any atom is -0.374 e. The van der Waals surface area contributed by atoms with Crippen LogP contribution in [0.25, 0.3) is 74.2 Å². The summed E-state index contributed by atoms with van der Waals surface area (Å²) in [6, 6.07) is 23.3. The number of likely N-dealkylation sites (N-methyl/N-ethyl adjacent to an activating group) is 1. The number of hydrogen-bond donors (Lipinski definition) is 3. The molecule has 0 fully saturated rings. The summed E-state index contributed by atoms with van der Waals surface area (Å²) in [7, 11) is 0. The van der Waals surface area contributed by atoms with E-state index < -0.39 is 0 Å². The molecule has 0 unspecified atom stereocenters. The fourth-order valence-electron chi connectivity index (χ4n) is 5.76. The van der Waals surface area contributed by atoms with Crippen LogP contribution in [0.5, 0.6) is 0 Å². The van der Waals surface area contributed by atoms with Gasteiger partial charge in [0.1, 0.15) is 0 Å². The van der Waals surface area contributed by atoms with Crippen LogP contribution in [-0.2, 0) is 0 Å². The van der Waals surface area contributed by atoms with Crippen LogP contribution in [0.3, 0.4) is 0 Å². The molecule has 0 radical (unpaired) electrons. The van der Waals surface area contributed by atoms with Gasteiger partial charge in [-0.25, -0.2) is 9.97 Å². The Morgan fingerprint density at radius 1 is 0.674 bits per heavy atom. The minimum atomic E-state index is 0.893. The number of hydrogen-bond acceptors (Lipinski definition) is 4. The van der Waals surface area contributed by atoms with E-state index in [-0.39, 0.29) is 0 Å². The lowest BCUT2D eigenvalue weighted by atomic mass is 9.98. The lowest BCUT2D eigenvalue weighted by Crippen LogP contribution is -2.18. The van der Waals surface area contributed by atoms with Crippen molar-refractivity contribution < 1.29 is 0 Å². The SMILES string of the molecule is CCN1C=CC(c2n[nH]cc2-c2ccc(-c3cc4cc5nc(cc6ccc(cc7nc(cc3[nH]4)C=C7)[nH]6)C=C5)cc2)=CC1. The van der Waals surface area contributed by atoms with Gasteiger partial charge >= 0.3 is 0 Å². The van der Waals surface area contributed by atoms with E-state index in [0.717, 1.165) is 91.5 Å². The van der Waals surface area contributed by atoms with Crippen molar-refractivity contribution >= 4 is 51.9 Å². The van der Waals surface area contributed by atoms with Crippen molar-refractivity contribution in [2.75, 3.05) is 13.1 Å². The fourth-order valence-corrected chi connectivity index (χ4v) is 5.76. The molecule has 3 aliphatic rings. The Kier molecular flexibility index (Phi) is 6.00. The van der Waals surface area contributed by atoms with Gasteiger partial charge in [-0.1, -0.05) is 30.3 Å². The van der Waals surface area contributed by atoms with Gasteiger partial charge in [0.25, 0.3) is 0 Å². The second-order valence-electron chi connectivity index (χ2n) is 10.9. The predicted molar refractivity (Wildman–Crippen MR) is 176 cm³/mol. The topological polar surface area (TPSA) is 89.3 Å². The molecule has 8 rings (SSSR count). The second kappa shape index (κ2) is 10.3. The summed E-state index contributed by atoms with van der Waals surface area (Å²) >= 11 is 0. The van der Waals surface area contributed by atoms with Gasteiger partial charge in [-0.3, -0.25) is 5.10 Å². The zero-order chi connectivity index (χ0) is 28.8. The van der Waals surface area contributed by atoms with E-state index in [1.54, 1.807) is 0 Å². The van der Waals surface area contributed by atoms with Crippen LogP contribution < -0.4 is 0 Å². The van der Waals surface area contributed by atoms with E-state index >= 15 is 0 Å². The van der Waals surface area contributed by atoms with Crippen molar-refractivity contribution in [3.63, 3.8) is 0 Å². The highest BCUT2D eigenvalue weighted by Gasteiger charge is 2.15. The maximum Gasteiger partial charge on any atom is 0.0997 e. The van der Waals surface area contributed by atoms with Gasteiger partial charge in [-0.2, -0.15) is 5.10 Å². The normalized spacial score (nSPS) is 14.0. The predicted octanol–water partition coefficient (Wildman–Crippen LogP) is 7.95. The summed E-state index contributed by atoms with van der Waals surface area (Å²) in [5.41, 5.74) is 14.2. The number of rotatable bonds is 4. The minimum absolute atomic E-state index is 0.893. The molecule has 8 bridgehead atoms. The van der Waals surface area contributed by atoms with E-state index in [1.165, 1.54) is 0 Å². The molecule has 1 aromatic carbocycles. The molecule has 3 aliphatic heterocycles. The molecule has 0 atom stereocenters. The van der Waals surface area contributed by atoms with E-state index in [2.05, 4.69) is 123 Å². The van der Waals surface area contributed by atoms with Gasteiger partial charge < -0.3 is 14.9 Å². The van der Waals surface area contributed by atoms with Crippen molar-refractivity contribution in [1.82, 2.24) is 35.0 Å². The third-order valence-corrected chi connectivity index (χ3v) is 8.01. The molecule has 7 nitrogen and oxygen atoms in total. The Morgan fingerprint density at radius 2 is 1.30 bits per heavy atom. The second-order valence-corrected chi connectivity index (χ2v) is 10.9. The first kappa shape index (κ1) is 25.1. The van der Waals surface area contributed by atoms with E-state index in [1.807, 2.05) is 24.4 Å². The molecule has 0 spiro atoms. The van der Waals surface area contributed by atoms with E-state index in [4.69, 9.17) is 9.97 Å². The molecule has 43 heavy (non-hydrogen) atoms. The summed E-state index contributed by atoms with van der Waals surface area (Å²) in [6.45, 7) is 4.05. The van der Waals surface area contributed by atoms with Crippen molar-refractivity contribution in [2.45, 2.75) is 6.92 Å². The van der Waals surface area contributed by atoms with Crippen LogP contribution in [0.2, 0.25) is 0 Å². The van der Waals surface area contributed by atoms with Gasteiger partial charge in [0.2, 0.25) is 0 Å². The van der Waals surface area contributed by atoms with Crippen LogP contribution in [0.1, 0.15) is 35.4 Å². The molecule has 5 aromatic rings. The molecule has 3 N–H and O–H groups in total. The molecule has 0 saturated heterocycles. The summed E-state index contributed by atoms with van der Waals surface area (Å²) in [5.74, 6) is 0. The van der Waals surface area contributed by atoms with E-state index in [9.17, 15) is 0 Å². The molecule has 7 heterocycles. The van der Waals surface area contributed by atoms with Crippen LogP contribution >= 0.6 is 0 Å². The number of H-pyrrole nitrogens is 3. The van der Waals surface area contributed by atoms with Gasteiger partial charge in [0.15, 0.2) is 0 Å². The van der Waals surface area contributed by atoms with Gasteiger partial charge in [-0.05, 0) is 97.1 Å². The Balaban J connectivity index is 1.22. The van der Waals surface area contributed by atoms with Crippen molar-refractivity contribution in [1.29, 1.82) is 0 Å². The first-order valence-electron chi connectivity index (χ1n) is 14.5. The van der Waals surface area contributed by atoms with Crippen LogP contribution in [-0.4, -0.2) is 48.1 Å². The number of aromatic nitrogens is 6. The number of benzene rings is 1. The summed E-state index contributed by atoms with van der Waals surface area (Å²) in [4.78, 5) is 19.0. The Bertz CT molecular complexity index is 2150. The largest absolute Gasteiger partial charge is 0.374 e. The molecule has 0 aliphatic carbocycles. The first-order chi connectivity index (χ1) is 21.2. The average molecular weight is 560 g/mol. The number of allylic oxidation sites excluding steroid dienone is 2. The van der Waals surface area contributed by atoms with Crippen molar-refractivity contribution in [3.05, 3.63) is 120 Å². The molecule has 0 saturated carbocycles. The number of aromatic amines is 3. The van der Waals surface area contributed by atoms with Crippen LogP contribution in [0, 0.1) is 0 Å². The molecular weight excluding hydrogens is 530 g/mol. The van der Waals surface area contributed by atoms with Crippen molar-refractivity contribution in [3.8, 4) is 22.3 Å². The summed E-state index contributed by atoms with van der Waals surface area (Å²) < 4.78 is 0. The lowest BCUT2D eigenvalue weighted by Gasteiger charge is -2.20. The van der Waals surface area contributed by atoms with Gasteiger partial charge in [0, 0.05) is 58.1 Å². The monoisotopic (exact) mass is 559 g/mol. The first-order valence-corrected chi connectivity index (χ1v) is 14.5. The highest BCUT2D eigenvalue weighted by atomic mass is 15.1. The van der Waals surface area contributed by atoms with Crippen LogP contribution in [0.15, 0.2) is 91.3 Å². The molecule has 208 valence electrons. The molecule has 4 aromatic heterocycles. The standard InChI is InChI=1S/C36H29N7/c1-2-43-15-13-25(14-16-43)36-34(22-37-42-36)24-5-3-23(4-6-24)33-20-32-19-30-10-9-28(39-30)17-26-7-8-27(38-26)18-29-11-12-31(40-29)21-35(33)41-32/h3-15,17-22,38,41H,2,16H2,1H3,(H,37,42). The van der Waals surface area contributed by atoms with Gasteiger partial charge in [0.05, 0.1) is 28.5 Å². The quantitative estimate of drug-likeness (QED) is 0.204. The number of nitrogens with zero attached hydrogens (tertiary/aromatic N) is 4. The van der Waals surface area contributed by atoms with E-state index in [0.29, 0.717) is 0 Å². The Morgan fingerprint density at radius 3 is 1.93 bits per heavy atom. The van der Waals surface area contributed by atoms with Gasteiger partial charge in [-0.15, -0.1) is 0 Å². The third-order valence-electron chi connectivity index (χ3n) is 8.01. The molecular formula is C36H29N7. The highest BCUT2D eigenvalue weighted by molar-refractivity contribution is 5.89. The summed E-state index contributed by atoms with van der Waals surface area (Å²) in [5, 5.41) is 7.66. The van der Waals surface area contributed by atoms with Crippen molar-refractivity contribution in [2.24, 2.45) is 0 Å². The highest BCUT2D eigenvalue weighted by Crippen LogP contribution is 2.33. The Hall–Kier alpha value is -5.69. The fraction of sp³-hybridized carbons (Fsp3) is 0.0833. The molecule has 0 amide bonds. The Labute approximate surface area is 248 Å². The number of nitrogens with one attached hydrogen (secondary N) is 3.